The molecule has 23 heavy (non-hydrogen) atoms. The molecule has 0 aromatic heterocycles. The van der Waals surface area contributed by atoms with Gasteiger partial charge in [0, 0.05) is 6.54 Å². The summed E-state index contributed by atoms with van der Waals surface area (Å²) in [4.78, 5) is 24.4. The van der Waals surface area contributed by atoms with Crippen LogP contribution in [0.15, 0.2) is 4.99 Å². The minimum Gasteiger partial charge on any atom is -0.780 e. The van der Waals surface area contributed by atoms with Gasteiger partial charge in [0.2, 0.25) is 0 Å². The van der Waals surface area contributed by atoms with Crippen molar-refractivity contribution in [3.63, 3.8) is 0 Å². The van der Waals surface area contributed by atoms with E-state index in [-0.39, 0.29) is 47.4 Å². The van der Waals surface area contributed by atoms with Gasteiger partial charge in [-0.15, -0.1) is 0 Å². The van der Waals surface area contributed by atoms with Crippen molar-refractivity contribution in [2.75, 3.05) is 13.2 Å². The van der Waals surface area contributed by atoms with E-state index < -0.39 is 6.72 Å². The first-order valence-electron chi connectivity index (χ1n) is 7.98. The standard InChI is InChI=1S/C15H27N2O3PS.Na/c1-13-3-11-4-14(2,7-13)9-15(5-11,8-13)10-17-12(16)6-20-21(18,19)22;/h11H,3-10H2,1-2H3,(H2,16,17)(H2,18,19,22);/q;+1/p-1. The molecule has 0 saturated heterocycles. The second kappa shape index (κ2) is 6.62. The maximum Gasteiger partial charge on any atom is 1.00 e. The molecular weight excluding hydrogens is 342 g/mol. The Hall–Kier alpha value is 1.000. The summed E-state index contributed by atoms with van der Waals surface area (Å²) in [5.74, 6) is 1.09. The van der Waals surface area contributed by atoms with Gasteiger partial charge in [-0.05, 0) is 60.7 Å². The zero-order chi connectivity index (χ0) is 16.2. The van der Waals surface area contributed by atoms with Crippen molar-refractivity contribution in [2.45, 2.75) is 52.4 Å². The third-order valence-corrected chi connectivity index (χ3v) is 6.51. The summed E-state index contributed by atoms with van der Waals surface area (Å²) in [7, 11) is 0. The second-order valence-electron chi connectivity index (χ2n) is 8.68. The van der Waals surface area contributed by atoms with Gasteiger partial charge in [-0.1, -0.05) is 25.7 Å². The van der Waals surface area contributed by atoms with Gasteiger partial charge in [-0.25, -0.2) is 0 Å². The summed E-state index contributed by atoms with van der Waals surface area (Å²) in [5, 5.41) is 0. The van der Waals surface area contributed by atoms with E-state index in [4.69, 9.17) is 10.6 Å². The van der Waals surface area contributed by atoms with Gasteiger partial charge in [0.1, 0.15) is 19.2 Å². The number of hydrogen-bond donors (Lipinski definition) is 2. The van der Waals surface area contributed by atoms with Gasteiger partial charge in [0.25, 0.3) is 0 Å². The topological polar surface area (TPSA) is 90.9 Å². The Labute approximate surface area is 166 Å². The van der Waals surface area contributed by atoms with Gasteiger partial charge in [-0.2, -0.15) is 0 Å². The molecule has 4 aliphatic rings. The zero-order valence-electron chi connectivity index (χ0n) is 14.4. The Morgan fingerprint density at radius 2 is 1.87 bits per heavy atom. The van der Waals surface area contributed by atoms with Crippen molar-refractivity contribution < 1.29 is 43.9 Å². The van der Waals surface area contributed by atoms with Crippen molar-refractivity contribution >= 4 is 24.4 Å². The molecule has 8 heteroatoms. The molecule has 3 N–H and O–H groups in total. The molecule has 0 spiro atoms. The SMILES string of the molecule is CC12CC3CC(C)(C1)CC(CN=C(N)COP([O-])(O)=S)(C3)C2.[Na+]. The van der Waals surface area contributed by atoms with Crippen LogP contribution in [0.3, 0.4) is 0 Å². The van der Waals surface area contributed by atoms with Crippen LogP contribution in [-0.2, 0) is 16.3 Å². The van der Waals surface area contributed by atoms with Crippen LogP contribution >= 0.6 is 6.72 Å². The van der Waals surface area contributed by atoms with Crippen LogP contribution in [-0.4, -0.2) is 23.9 Å². The first-order chi connectivity index (χ1) is 10.0. The monoisotopic (exact) mass is 368 g/mol. The van der Waals surface area contributed by atoms with E-state index in [0.29, 0.717) is 17.4 Å². The Bertz CT molecular complexity index is 535. The van der Waals surface area contributed by atoms with Crippen LogP contribution in [0.2, 0.25) is 0 Å². The fourth-order valence-electron chi connectivity index (χ4n) is 6.32. The second-order valence-corrected chi connectivity index (χ2v) is 11.3. The Morgan fingerprint density at radius 1 is 1.30 bits per heavy atom. The smallest absolute Gasteiger partial charge is 0.780 e. The minimum atomic E-state index is -3.90. The summed E-state index contributed by atoms with van der Waals surface area (Å²) in [6.07, 6.45) is 7.75. The van der Waals surface area contributed by atoms with E-state index in [1.165, 1.54) is 38.5 Å². The molecule has 0 aromatic rings. The van der Waals surface area contributed by atoms with E-state index >= 15 is 0 Å². The molecule has 0 amide bonds. The molecule has 126 valence electrons. The van der Waals surface area contributed by atoms with Gasteiger partial charge < -0.3 is 20.0 Å². The minimum absolute atomic E-state index is 0. The molecule has 0 radical (unpaired) electrons. The van der Waals surface area contributed by atoms with E-state index in [1.807, 2.05) is 0 Å². The molecule has 4 rings (SSSR count). The maximum atomic E-state index is 11.0. The van der Waals surface area contributed by atoms with E-state index in [9.17, 15) is 4.89 Å². The van der Waals surface area contributed by atoms with Crippen molar-refractivity contribution in [2.24, 2.45) is 32.9 Å². The molecule has 4 bridgehead atoms. The molecule has 5 nitrogen and oxygen atoms in total. The molecule has 0 aliphatic heterocycles. The first kappa shape index (κ1) is 20.3. The van der Waals surface area contributed by atoms with Crippen molar-refractivity contribution in [3.05, 3.63) is 0 Å². The molecule has 3 atom stereocenters. The number of hydrogen-bond acceptors (Lipinski definition) is 4. The fourth-order valence-corrected chi connectivity index (χ4v) is 6.78. The van der Waals surface area contributed by atoms with E-state index in [2.05, 4.69) is 35.2 Å². The Morgan fingerprint density at radius 3 is 2.35 bits per heavy atom. The fraction of sp³-hybridized carbons (Fsp3) is 0.933. The van der Waals surface area contributed by atoms with Crippen molar-refractivity contribution in [1.82, 2.24) is 0 Å². The third-order valence-electron chi connectivity index (χ3n) is 5.73. The maximum absolute atomic E-state index is 11.0. The van der Waals surface area contributed by atoms with Crippen LogP contribution in [0.5, 0.6) is 0 Å². The molecule has 0 aromatic carbocycles. The molecule has 4 saturated carbocycles. The van der Waals surface area contributed by atoms with Gasteiger partial charge in [-0.3, -0.25) is 4.99 Å². The Balaban J connectivity index is 0.00000192. The van der Waals surface area contributed by atoms with Crippen LogP contribution in [0.4, 0.5) is 0 Å². The van der Waals surface area contributed by atoms with Crippen molar-refractivity contribution in [1.29, 1.82) is 0 Å². The zero-order valence-corrected chi connectivity index (χ0v) is 18.1. The van der Waals surface area contributed by atoms with Gasteiger partial charge in [0.05, 0.1) is 0 Å². The van der Waals surface area contributed by atoms with Crippen LogP contribution < -0.4 is 40.2 Å². The molecule has 3 unspecified atom stereocenters. The van der Waals surface area contributed by atoms with Gasteiger partial charge >= 0.3 is 29.6 Å². The van der Waals surface area contributed by atoms with E-state index in [1.54, 1.807) is 0 Å². The van der Waals surface area contributed by atoms with Gasteiger partial charge in [0.15, 0.2) is 0 Å². The Kier molecular flexibility index (Phi) is 5.85. The number of amidine groups is 1. The quantitative estimate of drug-likeness (QED) is 0.279. The largest absolute Gasteiger partial charge is 1.00 e. The molecule has 4 aliphatic carbocycles. The number of rotatable bonds is 5. The molecular formula is C15H26N2NaO3PS. The predicted octanol–water partition coefficient (Wildman–Crippen LogP) is -1.06. The summed E-state index contributed by atoms with van der Waals surface area (Å²) >= 11 is 4.31. The van der Waals surface area contributed by atoms with Crippen molar-refractivity contribution in [3.8, 4) is 0 Å². The predicted molar refractivity (Wildman–Crippen MR) is 88.8 cm³/mol. The summed E-state index contributed by atoms with van der Waals surface area (Å²) in [5.41, 5.74) is 6.99. The molecule has 4 fully saturated rings. The summed E-state index contributed by atoms with van der Waals surface area (Å²) < 4.78 is 4.67. The number of aliphatic imine (C=N–C) groups is 1. The first-order valence-corrected chi connectivity index (χ1v) is 10.6. The number of nitrogens with two attached hydrogens (primary N) is 1. The average molecular weight is 368 g/mol. The normalized spacial score (nSPS) is 44.7. The van der Waals surface area contributed by atoms with Crippen LogP contribution in [0, 0.1) is 22.2 Å². The number of nitrogens with zero attached hydrogens (tertiary/aromatic N) is 1. The summed E-state index contributed by atoms with van der Waals surface area (Å²) in [6, 6.07) is 0. The van der Waals surface area contributed by atoms with E-state index in [0.717, 1.165) is 5.92 Å². The van der Waals surface area contributed by atoms with Crippen LogP contribution in [0.25, 0.3) is 0 Å². The third kappa shape index (κ3) is 4.79. The average Bonchev–Trinajstić information content (AvgIpc) is 2.28. The van der Waals surface area contributed by atoms with Crippen LogP contribution in [0.1, 0.15) is 52.4 Å². The summed E-state index contributed by atoms with van der Waals surface area (Å²) in [6.45, 7) is 1.50. The molecule has 0 heterocycles.